The van der Waals surface area contributed by atoms with E-state index in [1.54, 1.807) is 68.5 Å². The number of rotatable bonds is 4. The molecule has 3 rings (SSSR count). The van der Waals surface area contributed by atoms with Crippen molar-refractivity contribution in [3.8, 4) is 11.3 Å². The Hall–Kier alpha value is -3.56. The van der Waals surface area contributed by atoms with Gasteiger partial charge in [0.25, 0.3) is 0 Å². The highest BCUT2D eigenvalue weighted by molar-refractivity contribution is 6.10. The van der Waals surface area contributed by atoms with E-state index >= 15 is 4.39 Å². The summed E-state index contributed by atoms with van der Waals surface area (Å²) in [4.78, 5) is 49.4. The summed E-state index contributed by atoms with van der Waals surface area (Å²) in [5, 5.41) is 0. The van der Waals surface area contributed by atoms with Gasteiger partial charge in [-0.2, -0.15) is 4.90 Å². The maximum absolute atomic E-state index is 15.4. The number of hydrogen-bond donors (Lipinski definition) is 0. The number of imide groups is 1. The Bertz CT molecular complexity index is 1260. The Morgan fingerprint density at radius 2 is 1.37 bits per heavy atom. The van der Waals surface area contributed by atoms with Crippen LogP contribution in [0.2, 0.25) is 0 Å². The molecule has 0 aliphatic heterocycles. The van der Waals surface area contributed by atoms with Crippen LogP contribution >= 0.6 is 0 Å². The summed E-state index contributed by atoms with van der Waals surface area (Å²) in [6, 6.07) is 3.91. The molecule has 9 nitrogen and oxygen atoms in total. The highest BCUT2D eigenvalue weighted by atomic mass is 19.1. The number of aromatic nitrogens is 2. The molecule has 0 radical (unpaired) electrons. The standard InChI is InChI=1S/C31H42FN3O6/c1-29(2,3)39-26(36)21-16-15-20(17-22(21)32)24-25(33-18-23(34-24)19-13-11-10-12-14-19)35(27(37)40-30(4,5)6)28(38)41-31(7,8)9/h15-19H,10-14H2,1-9H3. The van der Waals surface area contributed by atoms with Gasteiger partial charge >= 0.3 is 18.2 Å². The van der Waals surface area contributed by atoms with Crippen LogP contribution in [0.5, 0.6) is 0 Å². The van der Waals surface area contributed by atoms with E-state index in [0.717, 1.165) is 38.2 Å². The number of hydrogen-bond acceptors (Lipinski definition) is 8. The number of anilines is 1. The molecule has 0 bridgehead atoms. The molecule has 0 N–H and O–H groups in total. The van der Waals surface area contributed by atoms with Crippen LogP contribution in [-0.2, 0) is 14.2 Å². The van der Waals surface area contributed by atoms with Crippen LogP contribution in [0, 0.1) is 5.82 Å². The lowest BCUT2D eigenvalue weighted by Gasteiger charge is -2.29. The van der Waals surface area contributed by atoms with Gasteiger partial charge in [0.15, 0.2) is 5.82 Å². The average molecular weight is 572 g/mol. The molecule has 2 aromatic rings. The Morgan fingerprint density at radius 1 is 0.829 bits per heavy atom. The van der Waals surface area contributed by atoms with Gasteiger partial charge in [-0.1, -0.05) is 25.3 Å². The molecular formula is C31H42FN3O6. The van der Waals surface area contributed by atoms with Crippen molar-refractivity contribution in [1.29, 1.82) is 0 Å². The molecule has 1 fully saturated rings. The minimum Gasteiger partial charge on any atom is -0.456 e. The van der Waals surface area contributed by atoms with E-state index in [-0.39, 0.29) is 28.6 Å². The first-order valence-corrected chi connectivity index (χ1v) is 14.0. The molecule has 1 heterocycles. The number of halogens is 1. The van der Waals surface area contributed by atoms with Gasteiger partial charge in [-0.3, -0.25) is 0 Å². The van der Waals surface area contributed by atoms with Crippen molar-refractivity contribution in [1.82, 2.24) is 9.97 Å². The van der Waals surface area contributed by atoms with Gasteiger partial charge < -0.3 is 14.2 Å². The summed E-state index contributed by atoms with van der Waals surface area (Å²) in [6.07, 6.45) is 4.58. The van der Waals surface area contributed by atoms with Crippen LogP contribution < -0.4 is 4.90 Å². The lowest BCUT2D eigenvalue weighted by Crippen LogP contribution is -2.44. The zero-order valence-corrected chi connectivity index (χ0v) is 25.6. The van der Waals surface area contributed by atoms with Crippen LogP contribution in [0.3, 0.4) is 0 Å². The second-order valence-electron chi connectivity index (χ2n) is 13.3. The molecule has 2 amide bonds. The quantitative estimate of drug-likeness (QED) is 0.269. The SMILES string of the molecule is CC(C)(C)OC(=O)c1ccc(-c2nc(C3CCCCC3)cnc2N(C(=O)OC(C)(C)C)C(=O)OC(C)(C)C)cc1F. The fraction of sp³-hybridized carbons (Fsp3) is 0.581. The van der Waals surface area contributed by atoms with Crippen LogP contribution in [0.15, 0.2) is 24.4 Å². The predicted octanol–water partition coefficient (Wildman–Crippen LogP) is 7.96. The van der Waals surface area contributed by atoms with Crippen molar-refractivity contribution in [2.24, 2.45) is 0 Å². The fourth-order valence-corrected chi connectivity index (χ4v) is 4.37. The number of carbonyl (C=O) groups is 3. The minimum atomic E-state index is -1.02. The molecule has 1 aromatic carbocycles. The topological polar surface area (TPSA) is 108 Å². The maximum atomic E-state index is 15.4. The van der Waals surface area contributed by atoms with E-state index in [4.69, 9.17) is 19.2 Å². The van der Waals surface area contributed by atoms with Crippen molar-refractivity contribution in [2.75, 3.05) is 4.90 Å². The molecule has 0 saturated heterocycles. The Morgan fingerprint density at radius 3 is 1.85 bits per heavy atom. The summed E-state index contributed by atoms with van der Waals surface area (Å²) in [5.74, 6) is -1.69. The summed E-state index contributed by atoms with van der Waals surface area (Å²) < 4.78 is 31.8. The number of benzene rings is 1. The summed E-state index contributed by atoms with van der Waals surface area (Å²) >= 11 is 0. The van der Waals surface area contributed by atoms with E-state index in [1.807, 2.05) is 0 Å². The van der Waals surface area contributed by atoms with Crippen molar-refractivity contribution < 1.29 is 33.0 Å². The smallest absolute Gasteiger partial charge is 0.425 e. The van der Waals surface area contributed by atoms with Gasteiger partial charge in [0, 0.05) is 11.5 Å². The summed E-state index contributed by atoms with van der Waals surface area (Å²) in [5.41, 5.74) is -1.96. The molecule has 0 spiro atoms. The van der Waals surface area contributed by atoms with E-state index in [2.05, 4.69) is 4.98 Å². The van der Waals surface area contributed by atoms with Crippen molar-refractivity contribution in [3.05, 3.63) is 41.5 Å². The highest BCUT2D eigenvalue weighted by Crippen LogP contribution is 2.36. The fourth-order valence-electron chi connectivity index (χ4n) is 4.37. The molecule has 1 aliphatic rings. The second kappa shape index (κ2) is 12.1. The Labute approximate surface area is 241 Å². The van der Waals surface area contributed by atoms with E-state index < -0.39 is 40.8 Å². The van der Waals surface area contributed by atoms with Gasteiger partial charge in [0.1, 0.15) is 28.3 Å². The molecule has 1 aromatic heterocycles. The zero-order chi connectivity index (χ0) is 30.8. The monoisotopic (exact) mass is 571 g/mol. The van der Waals surface area contributed by atoms with E-state index in [0.29, 0.717) is 10.6 Å². The van der Waals surface area contributed by atoms with Gasteiger partial charge in [0.05, 0.1) is 17.5 Å². The predicted molar refractivity (Wildman–Crippen MR) is 153 cm³/mol. The third-order valence-electron chi connectivity index (χ3n) is 6.02. The largest absolute Gasteiger partial charge is 0.456 e. The minimum absolute atomic E-state index is 0.0828. The van der Waals surface area contributed by atoms with Gasteiger partial charge in [-0.05, 0) is 87.3 Å². The van der Waals surface area contributed by atoms with E-state index in [9.17, 15) is 14.4 Å². The van der Waals surface area contributed by atoms with Gasteiger partial charge in [-0.25, -0.2) is 28.7 Å². The van der Waals surface area contributed by atoms with Crippen molar-refractivity contribution >= 4 is 24.0 Å². The Balaban J connectivity index is 2.19. The van der Waals surface area contributed by atoms with Gasteiger partial charge in [0.2, 0.25) is 0 Å². The Kier molecular flexibility index (Phi) is 9.45. The third-order valence-corrected chi connectivity index (χ3v) is 6.02. The third kappa shape index (κ3) is 8.96. The molecule has 0 atom stereocenters. The number of nitrogens with zero attached hydrogens (tertiary/aromatic N) is 3. The molecular weight excluding hydrogens is 529 g/mol. The first-order chi connectivity index (χ1) is 18.8. The van der Waals surface area contributed by atoms with Crippen LogP contribution in [0.4, 0.5) is 19.8 Å². The maximum Gasteiger partial charge on any atom is 0.425 e. The number of esters is 1. The average Bonchev–Trinajstić information content (AvgIpc) is 2.81. The summed E-state index contributed by atoms with van der Waals surface area (Å²) in [6.45, 7) is 15.1. The number of carbonyl (C=O) groups excluding carboxylic acids is 3. The normalized spacial score (nSPS) is 14.8. The van der Waals surface area contributed by atoms with Gasteiger partial charge in [-0.15, -0.1) is 0 Å². The molecule has 1 saturated carbocycles. The van der Waals surface area contributed by atoms with Crippen LogP contribution in [-0.4, -0.2) is 44.9 Å². The van der Waals surface area contributed by atoms with E-state index in [1.165, 1.54) is 12.1 Å². The molecule has 224 valence electrons. The molecule has 0 unspecified atom stereocenters. The molecule has 1 aliphatic carbocycles. The molecule has 41 heavy (non-hydrogen) atoms. The van der Waals surface area contributed by atoms with Crippen molar-refractivity contribution in [2.45, 2.75) is 117 Å². The van der Waals surface area contributed by atoms with Crippen molar-refractivity contribution in [3.63, 3.8) is 0 Å². The lowest BCUT2D eigenvalue weighted by atomic mass is 9.87. The van der Waals surface area contributed by atoms with Crippen LogP contribution in [0.25, 0.3) is 11.3 Å². The molecule has 10 heteroatoms. The first kappa shape index (κ1) is 32.0. The zero-order valence-electron chi connectivity index (χ0n) is 25.6. The highest BCUT2D eigenvalue weighted by Gasteiger charge is 2.36. The number of ether oxygens (including phenoxy) is 3. The lowest BCUT2D eigenvalue weighted by molar-refractivity contribution is 0.00639. The van der Waals surface area contributed by atoms with Crippen LogP contribution in [0.1, 0.15) is 116 Å². The summed E-state index contributed by atoms with van der Waals surface area (Å²) in [7, 11) is 0. The first-order valence-electron chi connectivity index (χ1n) is 14.0. The second-order valence-corrected chi connectivity index (χ2v) is 13.3. The number of amides is 2.